The van der Waals surface area contributed by atoms with E-state index in [-0.39, 0.29) is 35.8 Å². The fourth-order valence-corrected chi connectivity index (χ4v) is 1.50. The Morgan fingerprint density at radius 3 is 2.33 bits per heavy atom. The lowest BCUT2D eigenvalue weighted by Crippen LogP contribution is -2.34. The van der Waals surface area contributed by atoms with Gasteiger partial charge in [0.2, 0.25) is 5.91 Å². The summed E-state index contributed by atoms with van der Waals surface area (Å²) in [4.78, 5) is 24.9. The highest BCUT2D eigenvalue weighted by Gasteiger charge is 2.19. The molecule has 7 heteroatoms. The van der Waals surface area contributed by atoms with E-state index < -0.39 is 11.7 Å². The quantitative estimate of drug-likeness (QED) is 0.890. The summed E-state index contributed by atoms with van der Waals surface area (Å²) >= 11 is 0. The Labute approximate surface area is 130 Å². The van der Waals surface area contributed by atoms with Gasteiger partial charge in [-0.1, -0.05) is 6.92 Å². The summed E-state index contributed by atoms with van der Waals surface area (Å²) in [6.07, 6.45) is 0. The van der Waals surface area contributed by atoms with Gasteiger partial charge in [-0.05, 0) is 25.1 Å². The van der Waals surface area contributed by atoms with Crippen LogP contribution in [0.1, 0.15) is 24.2 Å². The molecule has 118 valence electrons. The third-order valence-corrected chi connectivity index (χ3v) is 3.07. The first-order valence-electron chi connectivity index (χ1n) is 6.31. The number of benzene rings is 1. The van der Waals surface area contributed by atoms with Crippen molar-refractivity contribution in [2.75, 3.05) is 19.4 Å². The van der Waals surface area contributed by atoms with Crippen molar-refractivity contribution in [1.29, 1.82) is 0 Å². The van der Waals surface area contributed by atoms with E-state index in [9.17, 15) is 14.0 Å². The number of rotatable bonds is 4. The van der Waals surface area contributed by atoms with Gasteiger partial charge in [0.1, 0.15) is 5.82 Å². The zero-order valence-corrected chi connectivity index (χ0v) is 13.3. The van der Waals surface area contributed by atoms with Crippen LogP contribution in [0.4, 0.5) is 10.1 Å². The van der Waals surface area contributed by atoms with Crippen molar-refractivity contribution in [3.05, 3.63) is 29.6 Å². The highest BCUT2D eigenvalue weighted by atomic mass is 35.5. The Bertz CT molecular complexity index is 521. The Morgan fingerprint density at radius 2 is 1.86 bits per heavy atom. The molecule has 0 saturated heterocycles. The molecule has 1 rings (SSSR count). The molecule has 0 aromatic heterocycles. The molecular formula is C14H21ClFN3O2. The maximum absolute atomic E-state index is 13.6. The minimum Gasteiger partial charge on any atom is -0.345 e. The van der Waals surface area contributed by atoms with Crippen LogP contribution in [0.2, 0.25) is 0 Å². The first kappa shape index (κ1) is 19.3. The summed E-state index contributed by atoms with van der Waals surface area (Å²) < 4.78 is 13.6. The Hall–Kier alpha value is -1.66. The summed E-state index contributed by atoms with van der Waals surface area (Å²) in [5.41, 5.74) is 5.94. The fourth-order valence-electron chi connectivity index (χ4n) is 1.50. The van der Waals surface area contributed by atoms with Crippen LogP contribution in [0, 0.1) is 11.7 Å². The van der Waals surface area contributed by atoms with E-state index in [4.69, 9.17) is 5.73 Å². The molecule has 2 unspecified atom stereocenters. The zero-order chi connectivity index (χ0) is 15.4. The molecule has 0 fully saturated rings. The number of carbonyl (C=O) groups excluding carboxylic acids is 2. The minimum absolute atomic E-state index is 0. The van der Waals surface area contributed by atoms with Crippen LogP contribution in [0.3, 0.4) is 0 Å². The molecule has 1 aromatic carbocycles. The number of nitrogens with zero attached hydrogens (tertiary/aromatic N) is 1. The summed E-state index contributed by atoms with van der Waals surface area (Å²) in [6.45, 7) is 3.44. The second-order valence-electron chi connectivity index (χ2n) is 5.03. The van der Waals surface area contributed by atoms with E-state index >= 15 is 0 Å². The van der Waals surface area contributed by atoms with Gasteiger partial charge in [0.15, 0.2) is 0 Å². The van der Waals surface area contributed by atoms with E-state index in [1.807, 2.05) is 0 Å². The lowest BCUT2D eigenvalue weighted by Gasteiger charge is -2.16. The van der Waals surface area contributed by atoms with Gasteiger partial charge in [-0.2, -0.15) is 0 Å². The number of carbonyl (C=O) groups is 2. The predicted molar refractivity (Wildman–Crippen MR) is 83.1 cm³/mol. The standard InChI is InChI=1S/C14H20FN3O2.ClH/c1-8(9(2)16)13(19)17-10-5-6-12(15)11(7-10)14(20)18(3)4;/h5-9H,16H2,1-4H3,(H,17,19);1H. The third-order valence-electron chi connectivity index (χ3n) is 3.07. The van der Waals surface area contributed by atoms with Gasteiger partial charge in [-0.15, -0.1) is 12.4 Å². The molecule has 2 amide bonds. The van der Waals surface area contributed by atoms with Crippen LogP contribution in [-0.2, 0) is 4.79 Å². The van der Waals surface area contributed by atoms with Gasteiger partial charge >= 0.3 is 0 Å². The number of amides is 2. The molecule has 3 N–H and O–H groups in total. The van der Waals surface area contributed by atoms with Crippen molar-refractivity contribution >= 4 is 29.9 Å². The molecule has 0 bridgehead atoms. The molecule has 0 radical (unpaired) electrons. The average Bonchev–Trinajstić information content (AvgIpc) is 2.38. The molecule has 0 aliphatic heterocycles. The average molecular weight is 318 g/mol. The maximum atomic E-state index is 13.6. The SMILES string of the molecule is CC(N)C(C)C(=O)Nc1ccc(F)c(C(=O)N(C)C)c1.Cl. The van der Waals surface area contributed by atoms with Gasteiger partial charge in [-0.25, -0.2) is 4.39 Å². The van der Waals surface area contributed by atoms with E-state index in [1.165, 1.54) is 31.1 Å². The van der Waals surface area contributed by atoms with Crippen LogP contribution in [0.25, 0.3) is 0 Å². The van der Waals surface area contributed by atoms with Gasteiger partial charge < -0.3 is 16.0 Å². The largest absolute Gasteiger partial charge is 0.345 e. The molecule has 0 spiro atoms. The summed E-state index contributed by atoms with van der Waals surface area (Å²) in [7, 11) is 3.07. The summed E-state index contributed by atoms with van der Waals surface area (Å²) in [6, 6.07) is 3.60. The number of hydrogen-bond acceptors (Lipinski definition) is 3. The van der Waals surface area contributed by atoms with E-state index in [0.29, 0.717) is 5.69 Å². The van der Waals surface area contributed by atoms with Crippen molar-refractivity contribution < 1.29 is 14.0 Å². The van der Waals surface area contributed by atoms with Crippen LogP contribution in [0.15, 0.2) is 18.2 Å². The van der Waals surface area contributed by atoms with Crippen molar-refractivity contribution in [3.8, 4) is 0 Å². The Balaban J connectivity index is 0.00000400. The molecular weight excluding hydrogens is 297 g/mol. The number of anilines is 1. The number of halogens is 2. The Morgan fingerprint density at radius 1 is 1.29 bits per heavy atom. The van der Waals surface area contributed by atoms with Crippen molar-refractivity contribution in [3.63, 3.8) is 0 Å². The molecule has 0 saturated carbocycles. The van der Waals surface area contributed by atoms with Crippen molar-refractivity contribution in [2.24, 2.45) is 11.7 Å². The maximum Gasteiger partial charge on any atom is 0.256 e. The van der Waals surface area contributed by atoms with Crippen LogP contribution in [-0.4, -0.2) is 36.9 Å². The first-order chi connectivity index (χ1) is 9.23. The Kier molecular flexibility index (Phi) is 7.32. The number of nitrogens with one attached hydrogen (secondary N) is 1. The summed E-state index contributed by atoms with van der Waals surface area (Å²) in [5.74, 6) is -1.73. The molecule has 5 nitrogen and oxygen atoms in total. The normalized spacial score (nSPS) is 12.9. The van der Waals surface area contributed by atoms with E-state index in [0.717, 1.165) is 6.07 Å². The van der Waals surface area contributed by atoms with Crippen LogP contribution in [0.5, 0.6) is 0 Å². The second-order valence-corrected chi connectivity index (χ2v) is 5.03. The molecule has 2 atom stereocenters. The highest BCUT2D eigenvalue weighted by molar-refractivity contribution is 5.97. The smallest absolute Gasteiger partial charge is 0.256 e. The topological polar surface area (TPSA) is 75.4 Å². The molecule has 0 heterocycles. The molecule has 0 aliphatic rings. The number of hydrogen-bond donors (Lipinski definition) is 2. The number of nitrogens with two attached hydrogens (primary N) is 1. The zero-order valence-electron chi connectivity index (χ0n) is 12.5. The predicted octanol–water partition coefficient (Wildman–Crippen LogP) is 1.87. The van der Waals surface area contributed by atoms with Crippen molar-refractivity contribution in [1.82, 2.24) is 4.90 Å². The minimum atomic E-state index is -0.623. The van der Waals surface area contributed by atoms with Gasteiger partial charge in [-0.3, -0.25) is 9.59 Å². The summed E-state index contributed by atoms with van der Waals surface area (Å²) in [5, 5.41) is 2.63. The fraction of sp³-hybridized carbons (Fsp3) is 0.429. The molecule has 0 aliphatic carbocycles. The molecule has 1 aromatic rings. The van der Waals surface area contributed by atoms with Gasteiger partial charge in [0.25, 0.3) is 5.91 Å². The third kappa shape index (κ3) is 4.99. The van der Waals surface area contributed by atoms with Gasteiger partial charge in [0, 0.05) is 25.8 Å². The van der Waals surface area contributed by atoms with Gasteiger partial charge in [0.05, 0.1) is 11.5 Å². The lowest BCUT2D eigenvalue weighted by atomic mass is 10.0. The molecule has 21 heavy (non-hydrogen) atoms. The monoisotopic (exact) mass is 317 g/mol. The lowest BCUT2D eigenvalue weighted by molar-refractivity contribution is -0.119. The second kappa shape index (κ2) is 7.95. The van der Waals surface area contributed by atoms with E-state index in [1.54, 1.807) is 13.8 Å². The van der Waals surface area contributed by atoms with Crippen LogP contribution < -0.4 is 11.1 Å². The van der Waals surface area contributed by atoms with Crippen molar-refractivity contribution in [2.45, 2.75) is 19.9 Å². The van der Waals surface area contributed by atoms with Crippen LogP contribution >= 0.6 is 12.4 Å². The van der Waals surface area contributed by atoms with E-state index in [2.05, 4.69) is 5.32 Å². The first-order valence-corrected chi connectivity index (χ1v) is 6.31. The highest BCUT2D eigenvalue weighted by Crippen LogP contribution is 2.17.